The van der Waals surface area contributed by atoms with E-state index in [1.807, 2.05) is 18.2 Å². The SMILES string of the molecule is N#CCc1cc(Br)cc(CBr)c1. The van der Waals surface area contributed by atoms with E-state index < -0.39 is 0 Å². The zero-order chi connectivity index (χ0) is 8.97. The second kappa shape index (κ2) is 4.64. The van der Waals surface area contributed by atoms with Gasteiger partial charge in [0.25, 0.3) is 0 Å². The Labute approximate surface area is 88.7 Å². The van der Waals surface area contributed by atoms with Crippen molar-refractivity contribution < 1.29 is 0 Å². The van der Waals surface area contributed by atoms with Crippen LogP contribution >= 0.6 is 31.9 Å². The molecule has 0 aliphatic heterocycles. The highest BCUT2D eigenvalue weighted by atomic mass is 79.9. The third-order valence-electron chi connectivity index (χ3n) is 1.45. The van der Waals surface area contributed by atoms with Gasteiger partial charge in [0.2, 0.25) is 0 Å². The molecular formula is C9H7Br2N. The van der Waals surface area contributed by atoms with Gasteiger partial charge < -0.3 is 0 Å². The van der Waals surface area contributed by atoms with Crippen molar-refractivity contribution in [2.75, 3.05) is 0 Å². The number of hydrogen-bond acceptors (Lipinski definition) is 1. The molecule has 0 fully saturated rings. The van der Waals surface area contributed by atoms with Crippen LogP contribution in [0.4, 0.5) is 0 Å². The van der Waals surface area contributed by atoms with Gasteiger partial charge in [-0.05, 0) is 23.3 Å². The zero-order valence-electron chi connectivity index (χ0n) is 6.35. The van der Waals surface area contributed by atoms with Crippen LogP contribution in [0.25, 0.3) is 0 Å². The lowest BCUT2D eigenvalue weighted by atomic mass is 10.1. The molecule has 0 saturated heterocycles. The third-order valence-corrected chi connectivity index (χ3v) is 2.56. The summed E-state index contributed by atoms with van der Waals surface area (Å²) in [6, 6.07) is 8.16. The smallest absolute Gasteiger partial charge is 0.0669 e. The molecule has 62 valence electrons. The minimum Gasteiger partial charge on any atom is -0.198 e. The fraction of sp³-hybridized carbons (Fsp3) is 0.222. The first-order valence-corrected chi connectivity index (χ1v) is 5.39. The van der Waals surface area contributed by atoms with E-state index in [1.54, 1.807) is 0 Å². The molecule has 0 aliphatic rings. The fourth-order valence-corrected chi connectivity index (χ4v) is 1.90. The molecule has 0 N–H and O–H groups in total. The van der Waals surface area contributed by atoms with E-state index in [4.69, 9.17) is 5.26 Å². The summed E-state index contributed by atoms with van der Waals surface area (Å²) in [4.78, 5) is 0. The van der Waals surface area contributed by atoms with Crippen LogP contribution in [0.3, 0.4) is 0 Å². The molecule has 1 aromatic carbocycles. The van der Waals surface area contributed by atoms with E-state index in [2.05, 4.69) is 37.9 Å². The van der Waals surface area contributed by atoms with Crippen molar-refractivity contribution in [3.8, 4) is 6.07 Å². The standard InChI is InChI=1S/C9H7Br2N/c10-6-8-3-7(1-2-12)4-9(11)5-8/h3-5H,1,6H2. The first-order valence-electron chi connectivity index (χ1n) is 3.47. The van der Waals surface area contributed by atoms with E-state index in [1.165, 1.54) is 5.56 Å². The van der Waals surface area contributed by atoms with Gasteiger partial charge >= 0.3 is 0 Å². The summed E-state index contributed by atoms with van der Waals surface area (Å²) >= 11 is 6.77. The van der Waals surface area contributed by atoms with Crippen molar-refractivity contribution in [3.63, 3.8) is 0 Å². The van der Waals surface area contributed by atoms with E-state index in [0.717, 1.165) is 15.4 Å². The van der Waals surface area contributed by atoms with E-state index in [-0.39, 0.29) is 0 Å². The number of hydrogen-bond donors (Lipinski definition) is 0. The Hall–Kier alpha value is -0.330. The maximum absolute atomic E-state index is 8.50. The summed E-state index contributed by atoms with van der Waals surface area (Å²) < 4.78 is 1.03. The Balaban J connectivity index is 2.99. The van der Waals surface area contributed by atoms with Crippen LogP contribution in [-0.4, -0.2) is 0 Å². The molecule has 0 aromatic heterocycles. The highest BCUT2D eigenvalue weighted by Crippen LogP contribution is 2.17. The van der Waals surface area contributed by atoms with Gasteiger partial charge in [-0.2, -0.15) is 5.26 Å². The summed E-state index contributed by atoms with van der Waals surface area (Å²) in [6.07, 6.45) is 0.472. The van der Waals surface area contributed by atoms with Crippen LogP contribution < -0.4 is 0 Å². The summed E-state index contributed by atoms with van der Waals surface area (Å²) in [5.74, 6) is 0. The molecule has 1 rings (SSSR count). The maximum atomic E-state index is 8.50. The number of alkyl halides is 1. The molecule has 0 amide bonds. The van der Waals surface area contributed by atoms with Gasteiger partial charge in [0.1, 0.15) is 0 Å². The molecule has 1 aromatic rings. The Morgan fingerprint density at radius 2 is 1.92 bits per heavy atom. The molecule has 0 heterocycles. The molecular weight excluding hydrogens is 282 g/mol. The van der Waals surface area contributed by atoms with Gasteiger partial charge in [0, 0.05) is 9.80 Å². The molecule has 1 nitrogen and oxygen atoms in total. The predicted octanol–water partition coefficient (Wildman–Crippen LogP) is 3.41. The topological polar surface area (TPSA) is 23.8 Å². The van der Waals surface area contributed by atoms with Gasteiger partial charge in [0.15, 0.2) is 0 Å². The minimum atomic E-state index is 0.472. The third kappa shape index (κ3) is 2.62. The lowest BCUT2D eigenvalue weighted by Crippen LogP contribution is -1.85. The van der Waals surface area contributed by atoms with E-state index in [0.29, 0.717) is 6.42 Å². The first-order chi connectivity index (χ1) is 5.76. The molecule has 0 radical (unpaired) electrons. The Kier molecular flexibility index (Phi) is 3.77. The van der Waals surface area contributed by atoms with Crippen LogP contribution in [0.15, 0.2) is 22.7 Å². The molecule has 0 unspecified atom stereocenters. The van der Waals surface area contributed by atoms with E-state index >= 15 is 0 Å². The summed E-state index contributed by atoms with van der Waals surface area (Å²) in [5, 5.41) is 9.32. The Morgan fingerprint density at radius 1 is 1.25 bits per heavy atom. The Bertz CT molecular complexity index is 315. The number of nitrogens with zero attached hydrogens (tertiary/aromatic N) is 1. The summed E-state index contributed by atoms with van der Waals surface area (Å²) in [6.45, 7) is 0. The average molecular weight is 289 g/mol. The zero-order valence-corrected chi connectivity index (χ0v) is 9.52. The van der Waals surface area contributed by atoms with Crippen LogP contribution in [0.1, 0.15) is 11.1 Å². The number of rotatable bonds is 2. The van der Waals surface area contributed by atoms with E-state index in [9.17, 15) is 0 Å². The van der Waals surface area contributed by atoms with Crippen molar-refractivity contribution >= 4 is 31.9 Å². The van der Waals surface area contributed by atoms with Gasteiger partial charge in [-0.25, -0.2) is 0 Å². The fourth-order valence-electron chi connectivity index (χ4n) is 0.988. The summed E-state index contributed by atoms with van der Waals surface area (Å²) in [7, 11) is 0. The van der Waals surface area contributed by atoms with Crippen molar-refractivity contribution in [2.45, 2.75) is 11.8 Å². The quantitative estimate of drug-likeness (QED) is 0.765. The maximum Gasteiger partial charge on any atom is 0.0669 e. The van der Waals surface area contributed by atoms with Crippen molar-refractivity contribution in [2.24, 2.45) is 0 Å². The summed E-state index contributed by atoms with van der Waals surface area (Å²) in [5.41, 5.74) is 2.25. The second-order valence-corrected chi connectivity index (χ2v) is 3.91. The second-order valence-electron chi connectivity index (χ2n) is 2.44. The normalized spacial score (nSPS) is 9.42. The highest BCUT2D eigenvalue weighted by molar-refractivity contribution is 9.10. The highest BCUT2D eigenvalue weighted by Gasteiger charge is 1.97. The van der Waals surface area contributed by atoms with Gasteiger partial charge in [0.05, 0.1) is 12.5 Å². The first kappa shape index (κ1) is 9.76. The molecule has 0 atom stereocenters. The Morgan fingerprint density at radius 3 is 2.50 bits per heavy atom. The minimum absolute atomic E-state index is 0.472. The number of benzene rings is 1. The average Bonchev–Trinajstić information content (AvgIpc) is 2.04. The van der Waals surface area contributed by atoms with Crippen molar-refractivity contribution in [1.82, 2.24) is 0 Å². The molecule has 0 aliphatic carbocycles. The van der Waals surface area contributed by atoms with Crippen LogP contribution in [-0.2, 0) is 11.8 Å². The largest absolute Gasteiger partial charge is 0.198 e. The van der Waals surface area contributed by atoms with Crippen molar-refractivity contribution in [3.05, 3.63) is 33.8 Å². The lowest BCUT2D eigenvalue weighted by molar-refractivity contribution is 1.23. The molecule has 0 bridgehead atoms. The molecule has 0 saturated carbocycles. The van der Waals surface area contributed by atoms with Gasteiger partial charge in [-0.15, -0.1) is 0 Å². The predicted molar refractivity (Wildman–Crippen MR) is 56.1 cm³/mol. The van der Waals surface area contributed by atoms with Crippen LogP contribution in [0.5, 0.6) is 0 Å². The van der Waals surface area contributed by atoms with Crippen LogP contribution in [0, 0.1) is 11.3 Å². The monoisotopic (exact) mass is 287 g/mol. The molecule has 3 heteroatoms. The number of halogens is 2. The molecule has 0 spiro atoms. The lowest BCUT2D eigenvalue weighted by Gasteiger charge is -2.00. The van der Waals surface area contributed by atoms with Crippen LogP contribution in [0.2, 0.25) is 0 Å². The molecule has 12 heavy (non-hydrogen) atoms. The van der Waals surface area contributed by atoms with Gasteiger partial charge in [-0.3, -0.25) is 0 Å². The van der Waals surface area contributed by atoms with Gasteiger partial charge in [-0.1, -0.05) is 37.9 Å². The van der Waals surface area contributed by atoms with Crippen molar-refractivity contribution in [1.29, 1.82) is 5.26 Å². The number of nitriles is 1.